The highest BCUT2D eigenvalue weighted by Crippen LogP contribution is 2.38. The molecule has 0 bridgehead atoms. The Morgan fingerprint density at radius 2 is 1.82 bits per heavy atom. The second-order valence-corrected chi connectivity index (χ2v) is 16.8. The highest BCUT2D eigenvalue weighted by molar-refractivity contribution is 5.94. The number of nitrogens with zero attached hydrogens (tertiary/aromatic N) is 7. The first-order valence-corrected chi connectivity index (χ1v) is 21.2. The number of nitrogens with one attached hydrogen (secondary N) is 1. The Kier molecular flexibility index (Phi) is 10.8. The molecule has 0 aliphatic carbocycles. The van der Waals surface area contributed by atoms with Crippen molar-refractivity contribution in [1.82, 2.24) is 29.9 Å². The molecule has 3 saturated heterocycles. The van der Waals surface area contributed by atoms with Crippen LogP contribution in [-0.2, 0) is 4.74 Å². The molecule has 12 nitrogen and oxygen atoms in total. The van der Waals surface area contributed by atoms with Crippen LogP contribution in [0.15, 0.2) is 85.2 Å². The number of methoxy groups -OCH3 is 1. The molecule has 4 aliphatic rings. The number of likely N-dealkylation sites (tertiary alicyclic amines) is 2. The van der Waals surface area contributed by atoms with Crippen LogP contribution in [0.3, 0.4) is 0 Å². The number of piperidine rings is 3. The van der Waals surface area contributed by atoms with Gasteiger partial charge >= 0.3 is 0 Å². The number of carbonyl (C=O) groups excluding carboxylic acids is 1. The summed E-state index contributed by atoms with van der Waals surface area (Å²) < 4.78 is 39.7. The number of ether oxygens (including phenoxy) is 1. The lowest BCUT2D eigenvalue weighted by atomic mass is 9.85. The van der Waals surface area contributed by atoms with E-state index in [1.54, 1.807) is 43.7 Å². The summed E-state index contributed by atoms with van der Waals surface area (Å²) in [5, 5.41) is 22.7. The fraction of sp³-hybridized carbons (Fsp3) is 0.426. The number of aryl methyl sites for hydroxylation is 1. The fourth-order valence-corrected chi connectivity index (χ4v) is 9.81. The summed E-state index contributed by atoms with van der Waals surface area (Å²) in [6, 6.07) is 20.8. The highest BCUT2D eigenvalue weighted by Gasteiger charge is 2.32. The number of fused-ring (bicyclic) bond motifs is 1. The van der Waals surface area contributed by atoms with Gasteiger partial charge in [0.1, 0.15) is 11.6 Å². The van der Waals surface area contributed by atoms with Crippen LogP contribution >= 0.6 is 0 Å². The number of nitrogen functional groups attached to an aromatic ring is 1. The van der Waals surface area contributed by atoms with Crippen molar-refractivity contribution in [3.63, 3.8) is 0 Å². The fourth-order valence-electron chi connectivity index (χ4n) is 9.81. The van der Waals surface area contributed by atoms with Crippen LogP contribution in [0.4, 0.5) is 21.6 Å². The Hall–Kier alpha value is -5.50. The maximum atomic E-state index is 15.5. The van der Waals surface area contributed by atoms with Gasteiger partial charge in [0.15, 0.2) is 5.82 Å². The van der Waals surface area contributed by atoms with Crippen LogP contribution in [0.2, 0.25) is 0 Å². The van der Waals surface area contributed by atoms with Crippen LogP contribution in [-0.4, -0.2) is 108 Å². The molecule has 60 heavy (non-hydrogen) atoms. The third kappa shape index (κ3) is 8.18. The number of benzene rings is 3. The third-order valence-electron chi connectivity index (χ3n) is 13.1. The van der Waals surface area contributed by atoms with E-state index >= 15 is 4.39 Å². The summed E-state index contributed by atoms with van der Waals surface area (Å²) in [7, 11) is 1.73. The number of halogens is 1. The molecule has 13 heteroatoms. The van der Waals surface area contributed by atoms with Crippen molar-refractivity contribution in [3.05, 3.63) is 108 Å². The zero-order valence-corrected chi connectivity index (χ0v) is 34.4. The van der Waals surface area contributed by atoms with E-state index < -0.39 is 13.2 Å². The van der Waals surface area contributed by atoms with Gasteiger partial charge in [0, 0.05) is 108 Å². The van der Waals surface area contributed by atoms with Gasteiger partial charge in [-0.2, -0.15) is 0 Å². The number of hydrogen-bond donors (Lipinski definition) is 3. The molecule has 314 valence electrons. The van der Waals surface area contributed by atoms with Crippen molar-refractivity contribution in [1.29, 1.82) is 0 Å². The van der Waals surface area contributed by atoms with Gasteiger partial charge in [0.2, 0.25) is 0 Å². The Morgan fingerprint density at radius 3 is 2.58 bits per heavy atom. The summed E-state index contributed by atoms with van der Waals surface area (Å²) in [4.78, 5) is 22.1. The van der Waals surface area contributed by atoms with Crippen molar-refractivity contribution in [2.24, 2.45) is 5.92 Å². The quantitative estimate of drug-likeness (QED) is 0.145. The molecule has 0 radical (unpaired) electrons. The van der Waals surface area contributed by atoms with Crippen molar-refractivity contribution < 1.29 is 21.8 Å². The molecule has 0 spiro atoms. The van der Waals surface area contributed by atoms with Crippen molar-refractivity contribution in [2.75, 3.05) is 81.6 Å². The predicted octanol–water partition coefficient (Wildman–Crippen LogP) is 6.91. The number of hydrogen-bond acceptors (Lipinski definition) is 10. The maximum absolute atomic E-state index is 15.5. The van der Waals surface area contributed by atoms with E-state index in [1.165, 1.54) is 10.5 Å². The van der Waals surface area contributed by atoms with Gasteiger partial charge in [-0.25, -0.2) is 4.39 Å². The number of para-hydroxylation sites is 1. The average Bonchev–Trinajstić information content (AvgIpc) is 3.69. The third-order valence-corrected chi connectivity index (χ3v) is 13.1. The standard InChI is InChI=1S/C47H56FN9O3/c1-31-22-34(8-9-38(31)35-23-37(60-2)29-56(28-35)44-26-41(51-52-46(44)49)39-6-3-4-7-45(39)58)47(59)54-19-10-32(11-20-54)27-53-17-13-36(14-18-53)57-21-12-33-24-43(40(48)25-42(33)57)55-16-5-15-50-30-55/h3-9,12,16,21-22,24-26,32,35-37,50,58H,10-11,13-15,17-20,23,27-30H2,1-2H3,(H2,49,52)/t35-,37+/m0/s1/i15D,30D/t15?,30?,35-,37+. The summed E-state index contributed by atoms with van der Waals surface area (Å²) in [6.45, 7) is 6.29. The number of carbonyl (C=O) groups is 1. The summed E-state index contributed by atoms with van der Waals surface area (Å²) >= 11 is 0. The van der Waals surface area contributed by atoms with Crippen LogP contribution in [0.1, 0.15) is 68.3 Å². The molecule has 4 atom stereocenters. The van der Waals surface area contributed by atoms with E-state index in [9.17, 15) is 9.90 Å². The molecular weight excluding hydrogens is 758 g/mol. The second-order valence-electron chi connectivity index (χ2n) is 16.8. The lowest BCUT2D eigenvalue weighted by Gasteiger charge is -2.39. The van der Waals surface area contributed by atoms with Gasteiger partial charge < -0.3 is 39.7 Å². The van der Waals surface area contributed by atoms with Crippen molar-refractivity contribution in [2.45, 2.75) is 57.1 Å². The topological polar surface area (TPSA) is 128 Å². The van der Waals surface area contributed by atoms with E-state index in [0.717, 1.165) is 92.5 Å². The molecule has 3 aromatic carbocycles. The van der Waals surface area contributed by atoms with Gasteiger partial charge in [-0.15, -0.1) is 10.2 Å². The number of rotatable bonds is 9. The Labute approximate surface area is 354 Å². The average molecular weight is 816 g/mol. The van der Waals surface area contributed by atoms with Crippen LogP contribution in [0, 0.1) is 18.7 Å². The minimum absolute atomic E-state index is 0.0397. The number of aromatic nitrogens is 3. The molecule has 4 N–H and O–H groups in total. The maximum Gasteiger partial charge on any atom is 0.253 e. The lowest BCUT2D eigenvalue weighted by Crippen LogP contribution is -2.44. The Balaban J connectivity index is 0.783. The minimum atomic E-state index is -0.922. The van der Waals surface area contributed by atoms with E-state index in [1.807, 2.05) is 41.3 Å². The molecule has 1 amide bonds. The molecule has 5 aromatic rings. The number of aromatic hydroxyl groups is 1. The summed E-state index contributed by atoms with van der Waals surface area (Å²) in [5.74, 6) is 0.825. The van der Waals surface area contributed by atoms with Crippen molar-refractivity contribution in [3.8, 4) is 17.0 Å². The Morgan fingerprint density at radius 1 is 1.00 bits per heavy atom. The molecule has 6 heterocycles. The number of phenols is 1. The van der Waals surface area contributed by atoms with Crippen LogP contribution < -0.4 is 20.9 Å². The smallest absolute Gasteiger partial charge is 0.253 e. The number of phenolic OH excluding ortho intramolecular Hbond substituents is 1. The van der Waals surface area contributed by atoms with Gasteiger partial charge in [0.25, 0.3) is 5.91 Å². The van der Waals surface area contributed by atoms with Gasteiger partial charge in [-0.1, -0.05) is 24.3 Å². The summed E-state index contributed by atoms with van der Waals surface area (Å²) in [5.41, 5.74) is 12.5. The molecular formula is C47H56FN9O3. The molecule has 2 aromatic heterocycles. The van der Waals surface area contributed by atoms with E-state index in [-0.39, 0.29) is 35.5 Å². The molecule has 0 saturated carbocycles. The van der Waals surface area contributed by atoms with E-state index in [4.69, 9.17) is 13.2 Å². The van der Waals surface area contributed by atoms with Gasteiger partial charge in [-0.3, -0.25) is 10.1 Å². The predicted molar refractivity (Wildman–Crippen MR) is 235 cm³/mol. The SMILES string of the molecule is [2H]C1C=CN(c2cc3ccn(C4CCN(CC5CCN(C(=O)c6ccc([C@H]7C[C@@H](OC)CN(c8cc(-c9ccccc9O)nnc8N)C7)c(C)c6)CC5)CC4)c3cc2F)C([2H])N1. The number of anilines is 3. The zero-order chi connectivity index (χ0) is 43.1. The first-order chi connectivity index (χ1) is 30.0. The molecule has 3 fully saturated rings. The normalized spacial score (nSPS) is 23.9. The Bertz CT molecular complexity index is 2450. The van der Waals surface area contributed by atoms with Crippen LogP contribution in [0.25, 0.3) is 22.2 Å². The first-order valence-electron chi connectivity index (χ1n) is 22.4. The molecule has 2 unspecified atom stereocenters. The van der Waals surface area contributed by atoms with Gasteiger partial charge in [-0.05, 0) is 98.5 Å². The first kappa shape index (κ1) is 37.5. The van der Waals surface area contributed by atoms with Crippen molar-refractivity contribution >= 4 is 34.0 Å². The highest BCUT2D eigenvalue weighted by atomic mass is 19.1. The van der Waals surface area contributed by atoms with Gasteiger partial charge in [0.05, 0.1) is 36.7 Å². The largest absolute Gasteiger partial charge is 0.507 e. The van der Waals surface area contributed by atoms with E-state index in [2.05, 4.69) is 49.1 Å². The molecule has 4 aliphatic heterocycles. The second kappa shape index (κ2) is 17.2. The number of nitrogens with two attached hydrogens (primary N) is 1. The number of amides is 1. The minimum Gasteiger partial charge on any atom is -0.507 e. The van der Waals surface area contributed by atoms with Crippen LogP contribution in [0.5, 0.6) is 5.75 Å². The lowest BCUT2D eigenvalue weighted by molar-refractivity contribution is 0.0653. The zero-order valence-electron chi connectivity index (χ0n) is 36.4. The van der Waals surface area contributed by atoms with E-state index in [0.29, 0.717) is 41.8 Å². The molecule has 9 rings (SSSR count). The summed E-state index contributed by atoms with van der Waals surface area (Å²) in [6.07, 6.45) is 10.0. The monoisotopic (exact) mass is 815 g/mol.